The van der Waals surface area contributed by atoms with Gasteiger partial charge in [0.2, 0.25) is 0 Å². The van der Waals surface area contributed by atoms with Crippen LogP contribution in [0.5, 0.6) is 0 Å². The molecule has 0 aliphatic carbocycles. The van der Waals surface area contributed by atoms with Crippen LogP contribution in [0.15, 0.2) is 18.2 Å². The van der Waals surface area contributed by atoms with Crippen LogP contribution in [-0.2, 0) is 4.74 Å². The molecule has 3 N–H and O–H groups in total. The Bertz CT molecular complexity index is 465. The predicted molar refractivity (Wildman–Crippen MR) is 66.9 cm³/mol. The summed E-state index contributed by atoms with van der Waals surface area (Å²) in [5.41, 5.74) is -0.663. The van der Waals surface area contributed by atoms with Gasteiger partial charge in [-0.25, -0.2) is 14.0 Å². The average molecular weight is 270 g/mol. The van der Waals surface area contributed by atoms with Gasteiger partial charge in [0.25, 0.3) is 0 Å². The lowest BCUT2D eigenvalue weighted by molar-refractivity contribution is 0.0693. The zero-order valence-electron chi connectivity index (χ0n) is 10.4. The third-order valence-electron chi connectivity index (χ3n) is 2.21. The molecule has 0 bridgehead atoms. The first-order valence-electron chi connectivity index (χ1n) is 5.70. The Labute approximate surface area is 109 Å². The Hall–Kier alpha value is -2.15. The highest BCUT2D eigenvalue weighted by molar-refractivity contribution is 6.00. The van der Waals surface area contributed by atoms with E-state index >= 15 is 0 Å². The Morgan fingerprint density at radius 3 is 2.79 bits per heavy atom. The predicted octanol–water partition coefficient (Wildman–Crippen LogP) is 1.68. The molecule has 19 heavy (non-hydrogen) atoms. The number of carboxylic acid groups (broad SMARTS) is 1. The maximum Gasteiger partial charge on any atom is 0.340 e. The van der Waals surface area contributed by atoms with Gasteiger partial charge in [-0.15, -0.1) is 0 Å². The van der Waals surface area contributed by atoms with Crippen LogP contribution in [0.1, 0.15) is 17.3 Å². The Morgan fingerprint density at radius 1 is 1.42 bits per heavy atom. The Kier molecular flexibility index (Phi) is 5.74. The first kappa shape index (κ1) is 14.9. The van der Waals surface area contributed by atoms with E-state index in [2.05, 4.69) is 10.6 Å². The molecule has 1 rings (SSSR count). The number of carbonyl (C=O) groups excluding carboxylic acids is 1. The summed E-state index contributed by atoms with van der Waals surface area (Å²) in [7, 11) is 0. The number of urea groups is 1. The Balaban J connectivity index is 2.64. The maximum absolute atomic E-state index is 13.3. The molecule has 0 fully saturated rings. The normalized spacial score (nSPS) is 10.0. The number of amides is 2. The van der Waals surface area contributed by atoms with Crippen molar-refractivity contribution in [2.45, 2.75) is 6.92 Å². The van der Waals surface area contributed by atoms with Gasteiger partial charge in [0, 0.05) is 13.2 Å². The highest BCUT2D eigenvalue weighted by atomic mass is 19.1. The van der Waals surface area contributed by atoms with Crippen molar-refractivity contribution in [2.75, 3.05) is 25.1 Å². The summed E-state index contributed by atoms with van der Waals surface area (Å²) in [5.74, 6) is -2.35. The second kappa shape index (κ2) is 7.32. The second-order valence-electron chi connectivity index (χ2n) is 3.55. The highest BCUT2D eigenvalue weighted by Gasteiger charge is 2.16. The summed E-state index contributed by atoms with van der Waals surface area (Å²) in [6, 6.07) is 3.03. The number of aromatic carboxylic acids is 1. The fourth-order valence-corrected chi connectivity index (χ4v) is 1.39. The standard InChI is InChI=1S/C12H15FN2O4/c1-2-19-7-6-14-12(18)15-9-5-3-4-8(13)10(9)11(16)17/h3-5H,2,6-7H2,1H3,(H,16,17)(H2,14,15,18). The average Bonchev–Trinajstić information content (AvgIpc) is 2.34. The molecule has 0 saturated carbocycles. The number of ether oxygens (including phenoxy) is 1. The van der Waals surface area contributed by atoms with Crippen molar-refractivity contribution >= 4 is 17.7 Å². The fraction of sp³-hybridized carbons (Fsp3) is 0.333. The minimum Gasteiger partial charge on any atom is -0.478 e. The number of hydrogen-bond donors (Lipinski definition) is 3. The second-order valence-corrected chi connectivity index (χ2v) is 3.55. The van der Waals surface area contributed by atoms with Gasteiger partial charge in [-0.3, -0.25) is 0 Å². The molecule has 0 aliphatic rings. The van der Waals surface area contributed by atoms with Crippen molar-refractivity contribution in [2.24, 2.45) is 0 Å². The number of carbonyl (C=O) groups is 2. The lowest BCUT2D eigenvalue weighted by Gasteiger charge is -2.10. The molecule has 2 amide bonds. The van der Waals surface area contributed by atoms with E-state index in [4.69, 9.17) is 9.84 Å². The minimum absolute atomic E-state index is 0.0959. The van der Waals surface area contributed by atoms with Crippen LogP contribution in [0.2, 0.25) is 0 Å². The molecule has 7 heteroatoms. The summed E-state index contributed by atoms with van der Waals surface area (Å²) in [5, 5.41) is 13.6. The number of carboxylic acids is 1. The zero-order valence-corrected chi connectivity index (χ0v) is 10.4. The highest BCUT2D eigenvalue weighted by Crippen LogP contribution is 2.18. The lowest BCUT2D eigenvalue weighted by Crippen LogP contribution is -2.32. The van der Waals surface area contributed by atoms with Gasteiger partial charge in [-0.1, -0.05) is 6.07 Å². The third-order valence-corrected chi connectivity index (χ3v) is 2.21. The number of nitrogens with one attached hydrogen (secondary N) is 2. The molecule has 1 aromatic carbocycles. The van der Waals surface area contributed by atoms with Crippen LogP contribution in [0.3, 0.4) is 0 Å². The molecule has 0 radical (unpaired) electrons. The quantitative estimate of drug-likeness (QED) is 0.686. The summed E-state index contributed by atoms with van der Waals surface area (Å²) in [6.45, 7) is 2.98. The van der Waals surface area contributed by atoms with E-state index in [1.54, 1.807) is 0 Å². The molecular weight excluding hydrogens is 255 g/mol. The molecular formula is C12H15FN2O4. The van der Waals surface area contributed by atoms with Crippen LogP contribution in [-0.4, -0.2) is 36.9 Å². The fourth-order valence-electron chi connectivity index (χ4n) is 1.39. The number of halogens is 1. The summed E-state index contributed by atoms with van der Waals surface area (Å²) >= 11 is 0. The van der Waals surface area contributed by atoms with Crippen LogP contribution >= 0.6 is 0 Å². The van der Waals surface area contributed by atoms with Gasteiger partial charge >= 0.3 is 12.0 Å². The Morgan fingerprint density at radius 2 is 2.16 bits per heavy atom. The SMILES string of the molecule is CCOCCNC(=O)Nc1cccc(F)c1C(=O)O. The molecule has 0 aliphatic heterocycles. The summed E-state index contributed by atoms with van der Waals surface area (Å²) < 4.78 is 18.3. The molecule has 0 atom stereocenters. The van der Waals surface area contributed by atoms with Crippen molar-refractivity contribution < 1.29 is 23.8 Å². The third kappa shape index (κ3) is 4.55. The van der Waals surface area contributed by atoms with Gasteiger partial charge in [0.05, 0.1) is 12.3 Å². The molecule has 6 nitrogen and oxygen atoms in total. The largest absolute Gasteiger partial charge is 0.478 e. The number of anilines is 1. The topological polar surface area (TPSA) is 87.7 Å². The number of hydrogen-bond acceptors (Lipinski definition) is 3. The van der Waals surface area contributed by atoms with E-state index in [-0.39, 0.29) is 12.2 Å². The minimum atomic E-state index is -1.44. The van der Waals surface area contributed by atoms with Crippen molar-refractivity contribution in [3.8, 4) is 0 Å². The summed E-state index contributed by atoms with van der Waals surface area (Å²) in [6.07, 6.45) is 0. The van der Waals surface area contributed by atoms with Crippen molar-refractivity contribution in [1.29, 1.82) is 0 Å². The van der Waals surface area contributed by atoms with Crippen LogP contribution in [0, 0.1) is 5.82 Å². The maximum atomic E-state index is 13.3. The number of benzene rings is 1. The molecule has 104 valence electrons. The molecule has 0 saturated heterocycles. The van der Waals surface area contributed by atoms with Gasteiger partial charge in [0.1, 0.15) is 11.4 Å². The van der Waals surface area contributed by atoms with E-state index < -0.39 is 23.4 Å². The summed E-state index contributed by atoms with van der Waals surface area (Å²) in [4.78, 5) is 22.4. The van der Waals surface area contributed by atoms with Gasteiger partial charge < -0.3 is 20.5 Å². The van der Waals surface area contributed by atoms with E-state index in [9.17, 15) is 14.0 Å². The van der Waals surface area contributed by atoms with Crippen molar-refractivity contribution in [1.82, 2.24) is 5.32 Å². The first-order chi connectivity index (χ1) is 9.06. The van der Waals surface area contributed by atoms with Crippen LogP contribution < -0.4 is 10.6 Å². The van der Waals surface area contributed by atoms with Crippen molar-refractivity contribution in [3.63, 3.8) is 0 Å². The smallest absolute Gasteiger partial charge is 0.340 e. The molecule has 0 heterocycles. The van der Waals surface area contributed by atoms with E-state index in [0.29, 0.717) is 13.2 Å². The van der Waals surface area contributed by atoms with Crippen molar-refractivity contribution in [3.05, 3.63) is 29.6 Å². The van der Waals surface area contributed by atoms with E-state index in [0.717, 1.165) is 6.07 Å². The zero-order chi connectivity index (χ0) is 14.3. The molecule has 0 aromatic heterocycles. The first-order valence-corrected chi connectivity index (χ1v) is 5.70. The van der Waals surface area contributed by atoms with Gasteiger partial charge in [0.15, 0.2) is 0 Å². The van der Waals surface area contributed by atoms with Gasteiger partial charge in [-0.2, -0.15) is 0 Å². The van der Waals surface area contributed by atoms with Gasteiger partial charge in [-0.05, 0) is 19.1 Å². The van der Waals surface area contributed by atoms with E-state index in [1.165, 1.54) is 12.1 Å². The molecule has 0 spiro atoms. The lowest BCUT2D eigenvalue weighted by atomic mass is 10.1. The van der Waals surface area contributed by atoms with Crippen LogP contribution in [0.4, 0.5) is 14.9 Å². The molecule has 1 aromatic rings. The monoisotopic (exact) mass is 270 g/mol. The van der Waals surface area contributed by atoms with Crippen LogP contribution in [0.25, 0.3) is 0 Å². The molecule has 0 unspecified atom stereocenters. The van der Waals surface area contributed by atoms with E-state index in [1.807, 2.05) is 6.92 Å². The number of rotatable bonds is 6.